The number of amides is 2. The van der Waals surface area contributed by atoms with Crippen molar-refractivity contribution in [2.45, 2.75) is 39.3 Å². The van der Waals surface area contributed by atoms with E-state index in [2.05, 4.69) is 10.6 Å². The molecule has 0 aliphatic carbocycles. The molecule has 1 atom stereocenters. The molecule has 2 N–H and O–H groups in total. The van der Waals surface area contributed by atoms with Crippen LogP contribution in [0.3, 0.4) is 0 Å². The number of methoxy groups -OCH3 is 1. The molecule has 0 saturated heterocycles. The van der Waals surface area contributed by atoms with Gasteiger partial charge in [-0.05, 0) is 37.5 Å². The smallest absolute Gasteiger partial charge is 0.338 e. The fourth-order valence-corrected chi connectivity index (χ4v) is 3.56. The van der Waals surface area contributed by atoms with E-state index in [1.165, 1.54) is 19.2 Å². The number of benzene rings is 2. The van der Waals surface area contributed by atoms with Gasteiger partial charge in [-0.25, -0.2) is 9.59 Å². The van der Waals surface area contributed by atoms with Crippen LogP contribution >= 0.6 is 0 Å². The van der Waals surface area contributed by atoms with Gasteiger partial charge in [0.15, 0.2) is 5.75 Å². The molecular formula is C24H27N3O7. The summed E-state index contributed by atoms with van der Waals surface area (Å²) in [7, 11) is 1.36. The Kier molecular flexibility index (Phi) is 7.72. The Labute approximate surface area is 197 Å². The van der Waals surface area contributed by atoms with Gasteiger partial charge in [-0.2, -0.15) is 0 Å². The summed E-state index contributed by atoms with van der Waals surface area (Å²) in [6, 6.07) is 10.0. The first-order valence-corrected chi connectivity index (χ1v) is 10.8. The Morgan fingerprint density at radius 3 is 2.50 bits per heavy atom. The standard InChI is InChI=1S/C24H27N3O7/c1-5-11-33-22-17(27(30)31)12-16(13-18(22)32-4)21-19(23(28)34-14(2)3)20(25-24(29)26-21)15-9-7-6-8-10-15/h6-10,12-14,21H,5,11H2,1-4H3,(H2,25,26,29). The number of urea groups is 1. The van der Waals surface area contributed by atoms with Gasteiger partial charge in [0.25, 0.3) is 0 Å². The molecule has 2 aromatic rings. The lowest BCUT2D eigenvalue weighted by molar-refractivity contribution is -0.386. The number of nitrogens with one attached hydrogen (secondary N) is 2. The second-order valence-electron chi connectivity index (χ2n) is 7.82. The summed E-state index contributed by atoms with van der Waals surface area (Å²) in [5.41, 5.74) is 0.883. The van der Waals surface area contributed by atoms with E-state index >= 15 is 0 Å². The molecule has 0 radical (unpaired) electrons. The Balaban J connectivity index is 2.24. The normalized spacial score (nSPS) is 15.4. The number of esters is 1. The molecule has 10 heteroatoms. The Hall–Kier alpha value is -4.08. The van der Waals surface area contributed by atoms with Crippen LogP contribution in [-0.2, 0) is 9.53 Å². The number of nitrogens with zero attached hydrogens (tertiary/aromatic N) is 1. The average Bonchev–Trinajstić information content (AvgIpc) is 2.81. The highest BCUT2D eigenvalue weighted by atomic mass is 16.6. The fraction of sp³-hybridized carbons (Fsp3) is 0.333. The summed E-state index contributed by atoms with van der Waals surface area (Å²) in [5.74, 6) is -0.570. The summed E-state index contributed by atoms with van der Waals surface area (Å²) in [5, 5.41) is 17.2. The summed E-state index contributed by atoms with van der Waals surface area (Å²) in [6.07, 6.45) is 0.213. The zero-order chi connectivity index (χ0) is 24.8. The number of ether oxygens (including phenoxy) is 3. The Morgan fingerprint density at radius 2 is 1.91 bits per heavy atom. The van der Waals surface area contributed by atoms with Crippen molar-refractivity contribution < 1.29 is 28.7 Å². The van der Waals surface area contributed by atoms with Crippen molar-refractivity contribution in [2.24, 2.45) is 0 Å². The van der Waals surface area contributed by atoms with E-state index < -0.39 is 29.1 Å². The molecule has 1 aliphatic rings. The quantitative estimate of drug-likeness (QED) is 0.321. The minimum absolute atomic E-state index is 0.0167. The molecule has 0 bridgehead atoms. The van der Waals surface area contributed by atoms with Crippen molar-refractivity contribution in [1.29, 1.82) is 0 Å². The molecule has 0 spiro atoms. The maximum atomic E-state index is 13.2. The third-order valence-corrected chi connectivity index (χ3v) is 4.96. The lowest BCUT2D eigenvalue weighted by Gasteiger charge is -2.30. The summed E-state index contributed by atoms with van der Waals surface area (Å²) in [4.78, 5) is 37.1. The Bertz CT molecular complexity index is 1110. The van der Waals surface area contributed by atoms with E-state index in [9.17, 15) is 19.7 Å². The first-order chi connectivity index (χ1) is 16.3. The second-order valence-corrected chi connectivity index (χ2v) is 7.82. The van der Waals surface area contributed by atoms with Crippen LogP contribution in [0.25, 0.3) is 5.70 Å². The average molecular weight is 469 g/mol. The zero-order valence-electron chi connectivity index (χ0n) is 19.4. The summed E-state index contributed by atoms with van der Waals surface area (Å²) < 4.78 is 16.4. The highest BCUT2D eigenvalue weighted by Gasteiger charge is 2.37. The van der Waals surface area contributed by atoms with Gasteiger partial charge in [0.2, 0.25) is 5.75 Å². The van der Waals surface area contributed by atoms with E-state index in [-0.39, 0.29) is 40.6 Å². The SMILES string of the molecule is CCCOc1c(OC)cc(C2NC(=O)NC(c3ccccc3)=C2C(=O)OC(C)C)cc1[N+](=O)[O-]. The van der Waals surface area contributed by atoms with Crippen molar-refractivity contribution in [3.05, 3.63) is 69.3 Å². The van der Waals surface area contributed by atoms with Crippen LogP contribution < -0.4 is 20.1 Å². The molecule has 10 nitrogen and oxygen atoms in total. The fourth-order valence-electron chi connectivity index (χ4n) is 3.56. The number of carbonyl (C=O) groups is 2. The van der Waals surface area contributed by atoms with Crippen molar-refractivity contribution in [2.75, 3.05) is 13.7 Å². The molecular weight excluding hydrogens is 442 g/mol. The van der Waals surface area contributed by atoms with Crippen molar-refractivity contribution in [3.63, 3.8) is 0 Å². The monoisotopic (exact) mass is 469 g/mol. The number of hydrogen-bond donors (Lipinski definition) is 2. The molecule has 1 heterocycles. The first kappa shape index (κ1) is 24.6. The predicted molar refractivity (Wildman–Crippen MR) is 124 cm³/mol. The molecule has 0 aromatic heterocycles. The molecule has 2 aromatic carbocycles. The minimum Gasteiger partial charge on any atom is -0.493 e. The molecule has 0 fully saturated rings. The van der Waals surface area contributed by atoms with Gasteiger partial charge < -0.3 is 24.8 Å². The maximum absolute atomic E-state index is 13.2. The van der Waals surface area contributed by atoms with Gasteiger partial charge in [0, 0.05) is 6.07 Å². The molecule has 180 valence electrons. The number of rotatable bonds is 9. The van der Waals surface area contributed by atoms with Crippen LogP contribution in [0.5, 0.6) is 11.5 Å². The lowest BCUT2D eigenvalue weighted by Crippen LogP contribution is -2.45. The third kappa shape index (κ3) is 5.28. The first-order valence-electron chi connectivity index (χ1n) is 10.8. The van der Waals surface area contributed by atoms with Gasteiger partial charge in [-0.1, -0.05) is 37.3 Å². The van der Waals surface area contributed by atoms with Crippen molar-refractivity contribution in [1.82, 2.24) is 10.6 Å². The van der Waals surface area contributed by atoms with Gasteiger partial charge >= 0.3 is 17.7 Å². The van der Waals surface area contributed by atoms with E-state index in [1.54, 1.807) is 44.2 Å². The largest absolute Gasteiger partial charge is 0.493 e. The van der Waals surface area contributed by atoms with E-state index in [1.807, 2.05) is 6.92 Å². The third-order valence-electron chi connectivity index (χ3n) is 4.96. The highest BCUT2D eigenvalue weighted by molar-refractivity contribution is 6.04. The van der Waals surface area contributed by atoms with Crippen molar-refractivity contribution in [3.8, 4) is 11.5 Å². The van der Waals surface area contributed by atoms with E-state index in [0.717, 1.165) is 0 Å². The molecule has 3 rings (SSSR count). The van der Waals surface area contributed by atoms with Gasteiger partial charge in [0.1, 0.15) is 0 Å². The van der Waals surface area contributed by atoms with Crippen LogP contribution in [0.1, 0.15) is 44.4 Å². The molecule has 1 unspecified atom stereocenters. The van der Waals surface area contributed by atoms with Crippen LogP contribution in [0.2, 0.25) is 0 Å². The topological polar surface area (TPSA) is 129 Å². The van der Waals surface area contributed by atoms with Crippen LogP contribution in [-0.4, -0.2) is 36.7 Å². The highest BCUT2D eigenvalue weighted by Crippen LogP contribution is 2.42. The van der Waals surface area contributed by atoms with Gasteiger partial charge in [0.05, 0.1) is 42.1 Å². The Morgan fingerprint density at radius 1 is 1.21 bits per heavy atom. The maximum Gasteiger partial charge on any atom is 0.338 e. The number of carbonyl (C=O) groups excluding carboxylic acids is 2. The van der Waals surface area contributed by atoms with Gasteiger partial charge in [-0.15, -0.1) is 0 Å². The molecule has 0 saturated carbocycles. The molecule has 34 heavy (non-hydrogen) atoms. The predicted octanol–water partition coefficient (Wildman–Crippen LogP) is 4.11. The van der Waals surface area contributed by atoms with E-state index in [0.29, 0.717) is 12.0 Å². The second kappa shape index (κ2) is 10.7. The summed E-state index contributed by atoms with van der Waals surface area (Å²) >= 11 is 0. The van der Waals surface area contributed by atoms with Crippen LogP contribution in [0, 0.1) is 10.1 Å². The minimum atomic E-state index is -1.04. The summed E-state index contributed by atoms with van der Waals surface area (Å²) in [6.45, 7) is 5.54. The number of hydrogen-bond acceptors (Lipinski definition) is 7. The van der Waals surface area contributed by atoms with Crippen LogP contribution in [0.4, 0.5) is 10.5 Å². The molecule has 1 aliphatic heterocycles. The van der Waals surface area contributed by atoms with Crippen LogP contribution in [0.15, 0.2) is 48.0 Å². The van der Waals surface area contributed by atoms with Gasteiger partial charge in [-0.3, -0.25) is 10.1 Å². The molecule has 2 amide bonds. The lowest BCUT2D eigenvalue weighted by atomic mass is 9.92. The zero-order valence-corrected chi connectivity index (χ0v) is 19.4. The number of nitro groups is 1. The van der Waals surface area contributed by atoms with Crippen molar-refractivity contribution >= 4 is 23.4 Å². The van der Waals surface area contributed by atoms with E-state index in [4.69, 9.17) is 14.2 Å². The number of nitro benzene ring substituents is 1.